The van der Waals surface area contributed by atoms with Crippen molar-refractivity contribution in [3.63, 3.8) is 0 Å². The van der Waals surface area contributed by atoms with Gasteiger partial charge in [-0.3, -0.25) is 0 Å². The van der Waals surface area contributed by atoms with Crippen LogP contribution in [0.4, 0.5) is 8.78 Å². The van der Waals surface area contributed by atoms with E-state index in [9.17, 15) is 8.78 Å². The summed E-state index contributed by atoms with van der Waals surface area (Å²) in [6.07, 6.45) is 1.84. The molecule has 1 saturated carbocycles. The molecule has 1 aromatic carbocycles. The third kappa shape index (κ3) is 1.44. The Labute approximate surface area is 75.6 Å². The minimum atomic E-state index is -0.533. The summed E-state index contributed by atoms with van der Waals surface area (Å²) in [7, 11) is 0. The van der Waals surface area contributed by atoms with Gasteiger partial charge in [0.25, 0.3) is 0 Å². The van der Waals surface area contributed by atoms with Gasteiger partial charge < -0.3 is 5.73 Å². The summed E-state index contributed by atoms with van der Waals surface area (Å²) in [5.41, 5.74) is 6.26. The molecule has 0 bridgehead atoms. The van der Waals surface area contributed by atoms with Crippen molar-refractivity contribution in [1.29, 1.82) is 0 Å². The monoisotopic (exact) mass is 183 g/mol. The molecule has 0 aromatic heterocycles. The topological polar surface area (TPSA) is 26.0 Å². The number of halogens is 2. The van der Waals surface area contributed by atoms with E-state index >= 15 is 0 Å². The van der Waals surface area contributed by atoms with Gasteiger partial charge in [0, 0.05) is 18.0 Å². The molecule has 0 heterocycles. The summed E-state index contributed by atoms with van der Waals surface area (Å²) in [4.78, 5) is 0. The highest BCUT2D eigenvalue weighted by Gasteiger charge is 2.30. The van der Waals surface area contributed by atoms with Crippen LogP contribution in [0.3, 0.4) is 0 Å². The van der Waals surface area contributed by atoms with Gasteiger partial charge in [0.2, 0.25) is 0 Å². The fraction of sp³-hybridized carbons (Fsp3) is 0.400. The average Bonchev–Trinajstić information content (AvgIpc) is 2.07. The van der Waals surface area contributed by atoms with E-state index in [4.69, 9.17) is 5.73 Å². The van der Waals surface area contributed by atoms with E-state index in [1.165, 1.54) is 12.1 Å². The largest absolute Gasteiger partial charge is 0.327 e. The van der Waals surface area contributed by atoms with Gasteiger partial charge in [0.05, 0.1) is 0 Å². The summed E-state index contributed by atoms with van der Waals surface area (Å²) >= 11 is 0. The molecule has 0 spiro atoms. The minimum absolute atomic E-state index is 0.0416. The summed E-state index contributed by atoms with van der Waals surface area (Å²) in [6.45, 7) is 0. The zero-order valence-electron chi connectivity index (χ0n) is 7.13. The number of hydrogen-bond acceptors (Lipinski definition) is 1. The maximum Gasteiger partial charge on any atom is 0.129 e. The molecule has 1 nitrogen and oxygen atoms in total. The first-order valence-electron chi connectivity index (χ1n) is 4.39. The molecule has 1 aliphatic rings. The molecule has 0 aliphatic heterocycles. The van der Waals surface area contributed by atoms with Crippen LogP contribution in [0, 0.1) is 11.6 Å². The van der Waals surface area contributed by atoms with Crippen LogP contribution in [0.1, 0.15) is 24.3 Å². The molecule has 0 amide bonds. The van der Waals surface area contributed by atoms with Crippen LogP contribution >= 0.6 is 0 Å². The lowest BCUT2D eigenvalue weighted by Gasteiger charge is -2.34. The van der Waals surface area contributed by atoms with Gasteiger partial charge in [-0.05, 0) is 24.5 Å². The third-order valence-corrected chi connectivity index (χ3v) is 2.69. The first-order valence-corrected chi connectivity index (χ1v) is 4.39. The van der Waals surface area contributed by atoms with Crippen LogP contribution in [0.5, 0.6) is 0 Å². The van der Waals surface area contributed by atoms with Gasteiger partial charge in [-0.15, -0.1) is 0 Å². The smallest absolute Gasteiger partial charge is 0.129 e. The fourth-order valence-corrected chi connectivity index (χ4v) is 1.71. The van der Waals surface area contributed by atoms with Crippen molar-refractivity contribution in [2.45, 2.75) is 24.8 Å². The van der Waals surface area contributed by atoms with Crippen molar-refractivity contribution >= 4 is 0 Å². The van der Waals surface area contributed by atoms with Crippen LogP contribution in [-0.4, -0.2) is 6.04 Å². The minimum Gasteiger partial charge on any atom is -0.327 e. The SMILES string of the molecule is N[C@H]1CC[C@H]1c1ccc(F)cc1F. The maximum atomic E-state index is 13.2. The molecular formula is C10H11F2N. The van der Waals surface area contributed by atoms with Crippen molar-refractivity contribution in [3.8, 4) is 0 Å². The van der Waals surface area contributed by atoms with E-state index in [1.54, 1.807) is 0 Å². The number of hydrogen-bond donors (Lipinski definition) is 1. The normalized spacial score (nSPS) is 27.0. The maximum absolute atomic E-state index is 13.2. The quantitative estimate of drug-likeness (QED) is 0.709. The van der Waals surface area contributed by atoms with E-state index < -0.39 is 11.6 Å². The van der Waals surface area contributed by atoms with Crippen LogP contribution in [0.15, 0.2) is 18.2 Å². The average molecular weight is 183 g/mol. The van der Waals surface area contributed by atoms with Gasteiger partial charge >= 0.3 is 0 Å². The lowest BCUT2D eigenvalue weighted by molar-refractivity contribution is 0.336. The molecule has 1 fully saturated rings. The highest BCUT2D eigenvalue weighted by Crippen LogP contribution is 2.36. The second kappa shape index (κ2) is 3.07. The first kappa shape index (κ1) is 8.63. The third-order valence-electron chi connectivity index (χ3n) is 2.69. The molecule has 2 N–H and O–H groups in total. The van der Waals surface area contributed by atoms with Crippen LogP contribution in [-0.2, 0) is 0 Å². The molecule has 0 saturated heterocycles. The van der Waals surface area contributed by atoms with Gasteiger partial charge in [0.1, 0.15) is 11.6 Å². The summed E-state index contributed by atoms with van der Waals surface area (Å²) in [5, 5.41) is 0. The molecule has 2 rings (SSSR count). The van der Waals surface area contributed by atoms with E-state index in [1.807, 2.05) is 0 Å². The zero-order chi connectivity index (χ0) is 9.42. The predicted octanol–water partition coefficient (Wildman–Crippen LogP) is 2.17. The summed E-state index contributed by atoms with van der Waals surface area (Å²) in [6, 6.07) is 3.73. The van der Waals surface area contributed by atoms with E-state index in [0.717, 1.165) is 18.9 Å². The Bertz CT molecular complexity index is 325. The Balaban J connectivity index is 2.30. The van der Waals surface area contributed by atoms with Crippen molar-refractivity contribution in [2.24, 2.45) is 5.73 Å². The van der Waals surface area contributed by atoms with E-state index in [2.05, 4.69) is 0 Å². The van der Waals surface area contributed by atoms with E-state index in [0.29, 0.717) is 5.56 Å². The van der Waals surface area contributed by atoms with Crippen LogP contribution in [0.25, 0.3) is 0 Å². The standard InChI is InChI=1S/C10H11F2N/c11-6-1-2-7(9(12)5-6)8-3-4-10(8)13/h1-2,5,8,10H,3-4,13H2/t8-,10-/m0/s1. The Hall–Kier alpha value is -0.960. The van der Waals surface area contributed by atoms with Crippen molar-refractivity contribution < 1.29 is 8.78 Å². The van der Waals surface area contributed by atoms with Gasteiger partial charge in [-0.1, -0.05) is 6.07 Å². The Kier molecular flexibility index (Phi) is 2.04. The van der Waals surface area contributed by atoms with Crippen molar-refractivity contribution in [3.05, 3.63) is 35.4 Å². The number of rotatable bonds is 1. The van der Waals surface area contributed by atoms with Gasteiger partial charge in [0.15, 0.2) is 0 Å². The highest BCUT2D eigenvalue weighted by atomic mass is 19.1. The second-order valence-electron chi connectivity index (χ2n) is 3.51. The Morgan fingerprint density at radius 3 is 2.46 bits per heavy atom. The van der Waals surface area contributed by atoms with Crippen LogP contribution in [0.2, 0.25) is 0 Å². The zero-order valence-corrected chi connectivity index (χ0v) is 7.13. The first-order chi connectivity index (χ1) is 6.18. The lowest BCUT2D eigenvalue weighted by Crippen LogP contribution is -2.37. The summed E-state index contributed by atoms with van der Waals surface area (Å²) < 4.78 is 25.8. The van der Waals surface area contributed by atoms with Gasteiger partial charge in [-0.2, -0.15) is 0 Å². The molecule has 70 valence electrons. The number of nitrogens with two attached hydrogens (primary N) is 1. The van der Waals surface area contributed by atoms with Crippen molar-refractivity contribution in [1.82, 2.24) is 0 Å². The molecule has 13 heavy (non-hydrogen) atoms. The second-order valence-corrected chi connectivity index (χ2v) is 3.51. The summed E-state index contributed by atoms with van der Waals surface area (Å²) in [5.74, 6) is -0.921. The fourth-order valence-electron chi connectivity index (χ4n) is 1.71. The Morgan fingerprint density at radius 2 is 2.00 bits per heavy atom. The molecule has 0 radical (unpaired) electrons. The lowest BCUT2D eigenvalue weighted by atomic mass is 9.75. The molecule has 3 heteroatoms. The predicted molar refractivity (Wildman–Crippen MR) is 46.3 cm³/mol. The van der Waals surface area contributed by atoms with Crippen molar-refractivity contribution in [2.75, 3.05) is 0 Å². The Morgan fingerprint density at radius 1 is 1.23 bits per heavy atom. The molecular weight excluding hydrogens is 172 g/mol. The molecule has 2 atom stereocenters. The van der Waals surface area contributed by atoms with E-state index in [-0.39, 0.29) is 12.0 Å². The van der Waals surface area contributed by atoms with Crippen LogP contribution < -0.4 is 5.73 Å². The molecule has 1 aromatic rings. The highest BCUT2D eigenvalue weighted by molar-refractivity contribution is 5.26. The van der Waals surface area contributed by atoms with Gasteiger partial charge in [-0.25, -0.2) is 8.78 Å². The molecule has 0 unspecified atom stereocenters. The number of benzene rings is 1. The molecule has 1 aliphatic carbocycles.